The number of aromatic nitrogens is 2. The Hall–Kier alpha value is -2.55. The van der Waals surface area contributed by atoms with E-state index in [1.165, 1.54) is 0 Å². The van der Waals surface area contributed by atoms with E-state index in [9.17, 15) is 0 Å². The molecule has 3 aromatic rings. The molecule has 3 nitrogen and oxygen atoms in total. The van der Waals surface area contributed by atoms with Crippen LogP contribution in [0.4, 0.5) is 0 Å². The largest absolute Gasteiger partial charge is 0.472 e. The van der Waals surface area contributed by atoms with Crippen LogP contribution in [0.5, 0.6) is 5.88 Å². The van der Waals surface area contributed by atoms with Crippen LogP contribution in [0, 0.1) is 0 Å². The quantitative estimate of drug-likeness (QED) is 0.767. The summed E-state index contributed by atoms with van der Waals surface area (Å²) < 4.78 is 5.65. The molecule has 0 saturated carbocycles. The van der Waals surface area contributed by atoms with E-state index < -0.39 is 0 Å². The fourth-order valence-corrected chi connectivity index (χ4v) is 1.87. The van der Waals surface area contributed by atoms with Crippen molar-refractivity contribution < 1.29 is 4.74 Å². The molecule has 19 heavy (non-hydrogen) atoms. The number of ether oxygens (including phenoxy) is 1. The molecule has 3 rings (SSSR count). The van der Waals surface area contributed by atoms with Crippen molar-refractivity contribution in [3.63, 3.8) is 0 Å². The summed E-state index contributed by atoms with van der Waals surface area (Å²) >= 11 is 0. The van der Waals surface area contributed by atoms with Gasteiger partial charge in [0.15, 0.2) is 0 Å². The van der Waals surface area contributed by atoms with Crippen molar-refractivity contribution in [3.8, 4) is 17.1 Å². The van der Waals surface area contributed by atoms with Gasteiger partial charge in [0.1, 0.15) is 6.61 Å². The molecule has 2 aromatic carbocycles. The maximum absolute atomic E-state index is 5.65. The maximum Gasteiger partial charge on any atom is 0.233 e. The molecule has 0 fully saturated rings. The number of rotatable bonds is 4. The lowest BCUT2D eigenvalue weighted by Crippen LogP contribution is -1.94. The van der Waals surface area contributed by atoms with Crippen LogP contribution in [0.15, 0.2) is 66.7 Å². The molecule has 1 N–H and O–H groups in total. The summed E-state index contributed by atoms with van der Waals surface area (Å²) in [5.74, 6) is 0.614. The zero-order valence-corrected chi connectivity index (χ0v) is 10.4. The van der Waals surface area contributed by atoms with Crippen LogP contribution in [0.1, 0.15) is 5.56 Å². The first-order valence-electron chi connectivity index (χ1n) is 6.19. The third-order valence-electron chi connectivity index (χ3n) is 2.87. The fourth-order valence-electron chi connectivity index (χ4n) is 1.87. The smallest absolute Gasteiger partial charge is 0.233 e. The molecular formula is C16H14N2O. The molecular weight excluding hydrogens is 236 g/mol. The van der Waals surface area contributed by atoms with Crippen molar-refractivity contribution in [1.29, 1.82) is 0 Å². The van der Waals surface area contributed by atoms with Crippen LogP contribution in [-0.2, 0) is 6.61 Å². The number of hydrogen-bond acceptors (Lipinski definition) is 2. The number of nitrogens with zero attached hydrogens (tertiary/aromatic N) is 1. The zero-order valence-electron chi connectivity index (χ0n) is 10.4. The van der Waals surface area contributed by atoms with Gasteiger partial charge in [-0.1, -0.05) is 60.7 Å². The Bertz CT molecular complexity index is 632. The molecule has 1 aromatic heterocycles. The summed E-state index contributed by atoms with van der Waals surface area (Å²) in [5.41, 5.74) is 3.19. The van der Waals surface area contributed by atoms with E-state index in [-0.39, 0.29) is 0 Å². The van der Waals surface area contributed by atoms with Crippen LogP contribution in [0.3, 0.4) is 0 Å². The van der Waals surface area contributed by atoms with Gasteiger partial charge in [0.25, 0.3) is 0 Å². The Balaban J connectivity index is 1.69. The molecule has 0 unspecified atom stereocenters. The lowest BCUT2D eigenvalue weighted by atomic mass is 10.2. The summed E-state index contributed by atoms with van der Waals surface area (Å²) in [7, 11) is 0. The second-order valence-corrected chi connectivity index (χ2v) is 4.26. The molecule has 0 aliphatic carbocycles. The molecule has 0 saturated heterocycles. The molecule has 0 aliphatic rings. The van der Waals surface area contributed by atoms with Crippen LogP contribution in [-0.4, -0.2) is 10.2 Å². The van der Waals surface area contributed by atoms with E-state index >= 15 is 0 Å². The van der Waals surface area contributed by atoms with Crippen molar-refractivity contribution in [3.05, 3.63) is 72.3 Å². The van der Waals surface area contributed by atoms with Crippen LogP contribution >= 0.6 is 0 Å². The normalized spacial score (nSPS) is 10.3. The average molecular weight is 250 g/mol. The molecule has 0 radical (unpaired) electrons. The number of hydrogen-bond donors (Lipinski definition) is 1. The molecule has 0 aliphatic heterocycles. The predicted molar refractivity (Wildman–Crippen MR) is 74.8 cm³/mol. The highest BCUT2D eigenvalue weighted by Gasteiger charge is 2.04. The first-order chi connectivity index (χ1) is 9.42. The second-order valence-electron chi connectivity index (χ2n) is 4.26. The highest BCUT2D eigenvalue weighted by molar-refractivity contribution is 5.59. The molecule has 0 bridgehead atoms. The number of aromatic amines is 1. The summed E-state index contributed by atoms with van der Waals surface area (Å²) in [6.45, 7) is 0.528. The van der Waals surface area contributed by atoms with Crippen molar-refractivity contribution in [1.82, 2.24) is 10.2 Å². The van der Waals surface area contributed by atoms with E-state index in [1.807, 2.05) is 66.7 Å². The van der Waals surface area contributed by atoms with Gasteiger partial charge in [-0.15, -0.1) is 5.10 Å². The van der Waals surface area contributed by atoms with Gasteiger partial charge >= 0.3 is 0 Å². The summed E-state index contributed by atoms with van der Waals surface area (Å²) in [5, 5.41) is 7.14. The van der Waals surface area contributed by atoms with E-state index in [1.54, 1.807) is 0 Å². The van der Waals surface area contributed by atoms with Gasteiger partial charge in [0.05, 0.1) is 5.69 Å². The summed E-state index contributed by atoms with van der Waals surface area (Å²) in [4.78, 5) is 0. The minimum Gasteiger partial charge on any atom is -0.472 e. The third kappa shape index (κ3) is 2.83. The fraction of sp³-hybridized carbons (Fsp3) is 0.0625. The lowest BCUT2D eigenvalue weighted by molar-refractivity contribution is 0.293. The van der Waals surface area contributed by atoms with Crippen molar-refractivity contribution in [2.75, 3.05) is 0 Å². The Morgan fingerprint density at radius 1 is 0.895 bits per heavy atom. The van der Waals surface area contributed by atoms with Gasteiger partial charge in [-0.2, -0.15) is 0 Å². The molecule has 0 atom stereocenters. The van der Waals surface area contributed by atoms with Gasteiger partial charge in [-0.05, 0) is 11.1 Å². The van der Waals surface area contributed by atoms with E-state index in [2.05, 4.69) is 10.2 Å². The minimum absolute atomic E-state index is 0.528. The van der Waals surface area contributed by atoms with Crippen molar-refractivity contribution >= 4 is 0 Å². The second kappa shape index (κ2) is 5.40. The molecule has 3 heteroatoms. The SMILES string of the molecule is c1ccc(COc2cc(-c3ccccc3)[nH]n2)cc1. The van der Waals surface area contributed by atoms with Crippen molar-refractivity contribution in [2.24, 2.45) is 0 Å². The van der Waals surface area contributed by atoms with Crippen LogP contribution in [0.2, 0.25) is 0 Å². The Morgan fingerprint density at radius 2 is 1.58 bits per heavy atom. The van der Waals surface area contributed by atoms with Gasteiger partial charge in [-0.25, -0.2) is 0 Å². The third-order valence-corrected chi connectivity index (χ3v) is 2.87. The first kappa shape index (κ1) is 11.5. The van der Waals surface area contributed by atoms with Gasteiger partial charge in [0.2, 0.25) is 5.88 Å². The monoisotopic (exact) mass is 250 g/mol. The van der Waals surface area contributed by atoms with Gasteiger partial charge in [-0.3, -0.25) is 5.10 Å². The molecule has 94 valence electrons. The average Bonchev–Trinajstić information content (AvgIpc) is 2.96. The van der Waals surface area contributed by atoms with E-state index in [0.717, 1.165) is 16.8 Å². The maximum atomic E-state index is 5.65. The highest BCUT2D eigenvalue weighted by Crippen LogP contribution is 2.20. The number of nitrogens with one attached hydrogen (secondary N) is 1. The predicted octanol–water partition coefficient (Wildman–Crippen LogP) is 3.66. The minimum atomic E-state index is 0.528. The standard InChI is InChI=1S/C16H14N2O/c1-3-7-13(8-4-1)12-19-16-11-15(17-18-16)14-9-5-2-6-10-14/h1-11H,12H2,(H,17,18). The van der Waals surface area contributed by atoms with Gasteiger partial charge < -0.3 is 4.74 Å². The Labute approximate surface area is 111 Å². The number of benzene rings is 2. The molecule has 0 amide bonds. The molecule has 0 spiro atoms. The topological polar surface area (TPSA) is 37.9 Å². The zero-order chi connectivity index (χ0) is 12.9. The summed E-state index contributed by atoms with van der Waals surface area (Å²) in [6, 6.07) is 22.0. The van der Waals surface area contributed by atoms with Crippen LogP contribution < -0.4 is 4.74 Å². The first-order valence-corrected chi connectivity index (χ1v) is 6.19. The Morgan fingerprint density at radius 3 is 2.32 bits per heavy atom. The van der Waals surface area contributed by atoms with Crippen LogP contribution in [0.25, 0.3) is 11.3 Å². The summed E-state index contributed by atoms with van der Waals surface area (Å²) in [6.07, 6.45) is 0. The van der Waals surface area contributed by atoms with Crippen molar-refractivity contribution in [2.45, 2.75) is 6.61 Å². The number of H-pyrrole nitrogens is 1. The molecule has 1 heterocycles. The Kier molecular flexibility index (Phi) is 3.28. The van der Waals surface area contributed by atoms with E-state index in [0.29, 0.717) is 12.5 Å². The highest BCUT2D eigenvalue weighted by atomic mass is 16.5. The van der Waals surface area contributed by atoms with Gasteiger partial charge in [0, 0.05) is 6.07 Å². The lowest BCUT2D eigenvalue weighted by Gasteiger charge is -2.01. The van der Waals surface area contributed by atoms with E-state index in [4.69, 9.17) is 4.74 Å².